The van der Waals surface area contributed by atoms with Gasteiger partial charge in [0.15, 0.2) is 5.75 Å². The predicted molar refractivity (Wildman–Crippen MR) is 106 cm³/mol. The maximum absolute atomic E-state index is 12.8. The van der Waals surface area contributed by atoms with Gasteiger partial charge in [0.05, 0.1) is 11.6 Å². The Morgan fingerprint density at radius 2 is 2.00 bits per heavy atom. The maximum Gasteiger partial charge on any atom is 0.254 e. The van der Waals surface area contributed by atoms with E-state index in [2.05, 4.69) is 11.4 Å². The molecule has 3 rings (SSSR count). The lowest BCUT2D eigenvalue weighted by Gasteiger charge is -2.21. The summed E-state index contributed by atoms with van der Waals surface area (Å²) in [5.74, 6) is 0.948. The molecule has 1 amide bonds. The molecule has 1 aliphatic rings. The van der Waals surface area contributed by atoms with E-state index in [4.69, 9.17) is 25.8 Å². The molecule has 1 heterocycles. The number of halogens is 1. The quantitative estimate of drug-likeness (QED) is 0.775. The molecule has 0 bridgehead atoms. The van der Waals surface area contributed by atoms with E-state index in [0.29, 0.717) is 35.4 Å². The first-order valence-electron chi connectivity index (χ1n) is 8.94. The summed E-state index contributed by atoms with van der Waals surface area (Å²) in [5, 5.41) is 3.29. The standard InChI is InChI=1S/C21H24ClNO4/c1-13-9-14(2)11-16(10-13)27-18-6-4-5-17(22)19(18)23-21(24)20(25-3)15-7-8-26-12-15/h4-6,9-11,15,20H,7-8,12H2,1-3H3,(H,23,24). The minimum atomic E-state index is -0.599. The smallest absolute Gasteiger partial charge is 0.254 e. The van der Waals surface area contributed by atoms with Crippen LogP contribution in [0.3, 0.4) is 0 Å². The van der Waals surface area contributed by atoms with E-state index in [1.165, 1.54) is 7.11 Å². The first kappa shape index (κ1) is 19.7. The van der Waals surface area contributed by atoms with Crippen molar-refractivity contribution in [3.8, 4) is 11.5 Å². The van der Waals surface area contributed by atoms with E-state index in [-0.39, 0.29) is 11.8 Å². The number of ether oxygens (including phenoxy) is 3. The van der Waals surface area contributed by atoms with Crippen molar-refractivity contribution >= 4 is 23.2 Å². The Labute approximate surface area is 164 Å². The fraction of sp³-hybridized carbons (Fsp3) is 0.381. The number of methoxy groups -OCH3 is 1. The van der Waals surface area contributed by atoms with Crippen LogP contribution < -0.4 is 10.1 Å². The molecule has 1 N–H and O–H groups in total. The Hall–Kier alpha value is -2.08. The van der Waals surface area contributed by atoms with Gasteiger partial charge in [-0.05, 0) is 55.7 Å². The molecule has 2 atom stereocenters. The van der Waals surface area contributed by atoms with E-state index in [9.17, 15) is 4.79 Å². The highest BCUT2D eigenvalue weighted by atomic mass is 35.5. The van der Waals surface area contributed by atoms with E-state index >= 15 is 0 Å². The van der Waals surface area contributed by atoms with Crippen molar-refractivity contribution in [2.75, 3.05) is 25.6 Å². The molecule has 0 aromatic heterocycles. The zero-order chi connectivity index (χ0) is 19.4. The van der Waals surface area contributed by atoms with Gasteiger partial charge in [0.2, 0.25) is 0 Å². The Morgan fingerprint density at radius 1 is 1.26 bits per heavy atom. The van der Waals surface area contributed by atoms with E-state index < -0.39 is 6.10 Å². The lowest BCUT2D eigenvalue weighted by Crippen LogP contribution is -2.36. The first-order valence-corrected chi connectivity index (χ1v) is 9.32. The second kappa shape index (κ2) is 8.74. The number of rotatable bonds is 6. The van der Waals surface area contributed by atoms with Gasteiger partial charge in [-0.25, -0.2) is 0 Å². The van der Waals surface area contributed by atoms with Gasteiger partial charge in [0, 0.05) is 19.6 Å². The molecule has 2 aromatic carbocycles. The Morgan fingerprint density at radius 3 is 2.63 bits per heavy atom. The number of benzene rings is 2. The molecule has 2 aromatic rings. The highest BCUT2D eigenvalue weighted by molar-refractivity contribution is 6.34. The van der Waals surface area contributed by atoms with Crippen molar-refractivity contribution in [3.63, 3.8) is 0 Å². The third-order valence-electron chi connectivity index (χ3n) is 4.55. The summed E-state index contributed by atoms with van der Waals surface area (Å²) < 4.78 is 16.8. The molecule has 0 radical (unpaired) electrons. The monoisotopic (exact) mass is 389 g/mol. The van der Waals surface area contributed by atoms with Crippen molar-refractivity contribution in [1.29, 1.82) is 0 Å². The Bertz CT molecular complexity index is 798. The number of amides is 1. The zero-order valence-corrected chi connectivity index (χ0v) is 16.5. The number of carbonyl (C=O) groups excluding carboxylic acids is 1. The fourth-order valence-electron chi connectivity index (χ4n) is 3.33. The number of anilines is 1. The summed E-state index contributed by atoms with van der Waals surface area (Å²) in [7, 11) is 1.53. The van der Waals surface area contributed by atoms with Crippen LogP contribution in [-0.2, 0) is 14.3 Å². The number of aryl methyl sites for hydroxylation is 2. The third-order valence-corrected chi connectivity index (χ3v) is 4.87. The topological polar surface area (TPSA) is 56.8 Å². The molecule has 27 heavy (non-hydrogen) atoms. The van der Waals surface area contributed by atoms with Gasteiger partial charge in [-0.2, -0.15) is 0 Å². The Kier molecular flexibility index (Phi) is 6.37. The van der Waals surface area contributed by atoms with Gasteiger partial charge in [0.25, 0.3) is 5.91 Å². The van der Waals surface area contributed by atoms with Crippen molar-refractivity contribution in [2.24, 2.45) is 5.92 Å². The van der Waals surface area contributed by atoms with Gasteiger partial charge in [-0.3, -0.25) is 4.79 Å². The van der Waals surface area contributed by atoms with Crippen molar-refractivity contribution in [2.45, 2.75) is 26.4 Å². The molecule has 0 saturated carbocycles. The SMILES string of the molecule is COC(C(=O)Nc1c(Cl)cccc1Oc1cc(C)cc(C)c1)C1CCOC1. The highest BCUT2D eigenvalue weighted by Gasteiger charge is 2.32. The van der Waals surface area contributed by atoms with Crippen LogP contribution in [0.4, 0.5) is 5.69 Å². The van der Waals surface area contributed by atoms with Crippen molar-refractivity contribution < 1.29 is 19.0 Å². The van der Waals surface area contributed by atoms with Crippen LogP contribution in [0.2, 0.25) is 5.02 Å². The molecule has 5 nitrogen and oxygen atoms in total. The van der Waals surface area contributed by atoms with Gasteiger partial charge in [-0.1, -0.05) is 23.7 Å². The van der Waals surface area contributed by atoms with E-state index in [1.807, 2.05) is 26.0 Å². The van der Waals surface area contributed by atoms with Crippen LogP contribution in [0.5, 0.6) is 11.5 Å². The average Bonchev–Trinajstić information content (AvgIpc) is 3.12. The van der Waals surface area contributed by atoms with Gasteiger partial charge in [0.1, 0.15) is 17.5 Å². The molecule has 0 aliphatic carbocycles. The predicted octanol–water partition coefficient (Wildman–Crippen LogP) is 4.74. The largest absolute Gasteiger partial charge is 0.455 e. The lowest BCUT2D eigenvalue weighted by molar-refractivity contribution is -0.128. The van der Waals surface area contributed by atoms with Crippen molar-refractivity contribution in [3.05, 3.63) is 52.5 Å². The number of hydrogen-bond donors (Lipinski definition) is 1. The van der Waals surface area contributed by atoms with Gasteiger partial charge >= 0.3 is 0 Å². The number of carbonyl (C=O) groups is 1. The summed E-state index contributed by atoms with van der Waals surface area (Å²) in [6, 6.07) is 11.2. The normalized spacial score (nSPS) is 17.6. The number of nitrogens with one attached hydrogen (secondary N) is 1. The fourth-order valence-corrected chi connectivity index (χ4v) is 3.54. The molecule has 6 heteroatoms. The molecular formula is C21H24ClNO4. The molecule has 144 valence electrons. The van der Waals surface area contributed by atoms with Gasteiger partial charge in [-0.15, -0.1) is 0 Å². The van der Waals surface area contributed by atoms with Crippen LogP contribution in [0, 0.1) is 19.8 Å². The summed E-state index contributed by atoms with van der Waals surface area (Å²) in [6.07, 6.45) is 0.193. The minimum absolute atomic E-state index is 0.0290. The molecule has 1 saturated heterocycles. The summed E-state index contributed by atoms with van der Waals surface area (Å²) in [4.78, 5) is 12.8. The van der Waals surface area contributed by atoms with Gasteiger partial charge < -0.3 is 19.5 Å². The average molecular weight is 390 g/mol. The zero-order valence-electron chi connectivity index (χ0n) is 15.8. The van der Waals surface area contributed by atoms with Crippen LogP contribution in [0.1, 0.15) is 17.5 Å². The van der Waals surface area contributed by atoms with Crippen LogP contribution >= 0.6 is 11.6 Å². The van der Waals surface area contributed by atoms with E-state index in [1.54, 1.807) is 18.2 Å². The molecule has 0 spiro atoms. The van der Waals surface area contributed by atoms with E-state index in [0.717, 1.165) is 17.5 Å². The van der Waals surface area contributed by atoms with Crippen LogP contribution in [0.25, 0.3) is 0 Å². The first-order chi connectivity index (χ1) is 13.0. The summed E-state index contributed by atoms with van der Waals surface area (Å²) in [5.41, 5.74) is 2.63. The third kappa shape index (κ3) is 4.80. The van der Waals surface area contributed by atoms with Crippen LogP contribution in [-0.4, -0.2) is 32.3 Å². The molecule has 1 fully saturated rings. The Balaban J connectivity index is 1.83. The second-order valence-corrected chi connectivity index (χ2v) is 7.21. The number of para-hydroxylation sites is 1. The summed E-state index contributed by atoms with van der Waals surface area (Å²) in [6.45, 7) is 5.17. The molecule has 1 aliphatic heterocycles. The second-order valence-electron chi connectivity index (χ2n) is 6.81. The van der Waals surface area contributed by atoms with Crippen LogP contribution in [0.15, 0.2) is 36.4 Å². The highest BCUT2D eigenvalue weighted by Crippen LogP contribution is 2.36. The minimum Gasteiger partial charge on any atom is -0.455 e. The lowest BCUT2D eigenvalue weighted by atomic mass is 10.0. The number of hydrogen-bond acceptors (Lipinski definition) is 4. The van der Waals surface area contributed by atoms with Crippen molar-refractivity contribution in [1.82, 2.24) is 0 Å². The molecule has 2 unspecified atom stereocenters. The molecular weight excluding hydrogens is 366 g/mol. The summed E-state index contributed by atoms with van der Waals surface area (Å²) >= 11 is 6.35. The maximum atomic E-state index is 12.8.